The molecule has 0 N–H and O–H groups in total. The summed E-state index contributed by atoms with van der Waals surface area (Å²) in [6.07, 6.45) is 0. The van der Waals surface area contributed by atoms with E-state index in [4.69, 9.17) is 4.74 Å². The van der Waals surface area contributed by atoms with Crippen LogP contribution >= 0.6 is 15.9 Å². The molecule has 92 valence electrons. The summed E-state index contributed by atoms with van der Waals surface area (Å²) in [5.74, 6) is 0.959. The fraction of sp³-hybridized carbons (Fsp3) is 0.200. The van der Waals surface area contributed by atoms with Crippen molar-refractivity contribution >= 4 is 34.4 Å². The molecule has 2 aromatic carbocycles. The lowest BCUT2D eigenvalue weighted by atomic mass is 10.1. The molecule has 0 atom stereocenters. The van der Waals surface area contributed by atoms with E-state index >= 15 is 0 Å². The summed E-state index contributed by atoms with van der Waals surface area (Å²) < 4.78 is 6.52. The highest BCUT2D eigenvalue weighted by Gasteiger charge is 2.37. The SMILES string of the molecule is COc1ccc2c(c1)[Si](C)(C)c1ccc(Br)cc1-2. The van der Waals surface area contributed by atoms with Gasteiger partial charge in [0.25, 0.3) is 0 Å². The van der Waals surface area contributed by atoms with E-state index < -0.39 is 8.07 Å². The molecule has 0 unspecified atom stereocenters. The lowest BCUT2D eigenvalue weighted by molar-refractivity contribution is 0.415. The molecule has 0 amide bonds. The van der Waals surface area contributed by atoms with Gasteiger partial charge in [0.1, 0.15) is 13.8 Å². The van der Waals surface area contributed by atoms with Crippen molar-refractivity contribution in [3.8, 4) is 16.9 Å². The first-order valence-corrected chi connectivity index (χ1v) is 9.82. The molecule has 1 nitrogen and oxygen atoms in total. The van der Waals surface area contributed by atoms with Crippen LogP contribution in [0.15, 0.2) is 40.9 Å². The van der Waals surface area contributed by atoms with Crippen LogP contribution in [-0.2, 0) is 0 Å². The molecule has 0 spiro atoms. The van der Waals surface area contributed by atoms with Crippen LogP contribution in [0, 0.1) is 0 Å². The Labute approximate surface area is 117 Å². The van der Waals surface area contributed by atoms with E-state index in [2.05, 4.69) is 65.4 Å². The van der Waals surface area contributed by atoms with Gasteiger partial charge in [-0.05, 0) is 45.8 Å². The summed E-state index contributed by atoms with van der Waals surface area (Å²) in [5.41, 5.74) is 2.77. The standard InChI is InChI=1S/C15H15BrOSi/c1-17-11-5-6-12-13-8-10(16)4-7-14(13)18(2,3)15(12)9-11/h4-9H,1-3H3. The molecule has 0 saturated heterocycles. The Kier molecular flexibility index (Phi) is 2.64. The van der Waals surface area contributed by atoms with Crippen LogP contribution in [0.2, 0.25) is 13.1 Å². The zero-order valence-corrected chi connectivity index (χ0v) is 13.3. The zero-order chi connectivity index (χ0) is 12.9. The average molecular weight is 319 g/mol. The van der Waals surface area contributed by atoms with E-state index in [9.17, 15) is 0 Å². The maximum Gasteiger partial charge on any atom is 0.118 e. The van der Waals surface area contributed by atoms with Crippen molar-refractivity contribution in [3.05, 3.63) is 40.9 Å². The molecule has 0 fully saturated rings. The fourth-order valence-corrected chi connectivity index (χ4v) is 6.26. The lowest BCUT2D eigenvalue weighted by Crippen LogP contribution is -2.49. The number of halogens is 1. The van der Waals surface area contributed by atoms with Crippen molar-refractivity contribution in [2.45, 2.75) is 13.1 Å². The van der Waals surface area contributed by atoms with Crippen molar-refractivity contribution < 1.29 is 4.74 Å². The van der Waals surface area contributed by atoms with E-state index in [1.54, 1.807) is 7.11 Å². The number of rotatable bonds is 1. The van der Waals surface area contributed by atoms with Gasteiger partial charge in [-0.1, -0.05) is 41.2 Å². The minimum atomic E-state index is -1.55. The smallest absolute Gasteiger partial charge is 0.118 e. The van der Waals surface area contributed by atoms with E-state index in [0.717, 1.165) is 10.2 Å². The Bertz CT molecular complexity index is 634. The van der Waals surface area contributed by atoms with Gasteiger partial charge in [-0.3, -0.25) is 0 Å². The summed E-state index contributed by atoms with van der Waals surface area (Å²) in [4.78, 5) is 0. The first-order valence-electron chi connectivity index (χ1n) is 6.03. The summed E-state index contributed by atoms with van der Waals surface area (Å²) in [6, 6.07) is 13.1. The van der Waals surface area contributed by atoms with Gasteiger partial charge in [0.05, 0.1) is 7.11 Å². The molecule has 3 rings (SSSR count). The minimum absolute atomic E-state index is 0.959. The Morgan fingerprint density at radius 1 is 0.944 bits per heavy atom. The lowest BCUT2D eigenvalue weighted by Gasteiger charge is -2.19. The van der Waals surface area contributed by atoms with Gasteiger partial charge < -0.3 is 4.74 Å². The second kappa shape index (κ2) is 3.97. The van der Waals surface area contributed by atoms with Crippen molar-refractivity contribution in [1.82, 2.24) is 0 Å². The maximum absolute atomic E-state index is 5.37. The largest absolute Gasteiger partial charge is 0.497 e. The van der Waals surface area contributed by atoms with Gasteiger partial charge in [-0.15, -0.1) is 0 Å². The number of methoxy groups -OCH3 is 1. The van der Waals surface area contributed by atoms with E-state index in [0.29, 0.717) is 0 Å². The predicted molar refractivity (Wildman–Crippen MR) is 82.9 cm³/mol. The second-order valence-electron chi connectivity index (χ2n) is 5.23. The molecule has 2 aromatic rings. The maximum atomic E-state index is 5.37. The van der Waals surface area contributed by atoms with Crippen molar-refractivity contribution in [2.75, 3.05) is 7.11 Å². The van der Waals surface area contributed by atoms with Crippen LogP contribution in [0.25, 0.3) is 11.1 Å². The third-order valence-corrected chi connectivity index (χ3v) is 7.88. The number of benzene rings is 2. The molecule has 3 heteroatoms. The number of hydrogen-bond donors (Lipinski definition) is 0. The van der Waals surface area contributed by atoms with Gasteiger partial charge >= 0.3 is 0 Å². The minimum Gasteiger partial charge on any atom is -0.497 e. The van der Waals surface area contributed by atoms with E-state index in [1.807, 2.05) is 0 Å². The van der Waals surface area contributed by atoms with Gasteiger partial charge in [0, 0.05) is 4.47 Å². The van der Waals surface area contributed by atoms with Crippen LogP contribution in [-0.4, -0.2) is 15.2 Å². The van der Waals surface area contributed by atoms with Crippen LogP contribution in [0.3, 0.4) is 0 Å². The molecular weight excluding hydrogens is 304 g/mol. The monoisotopic (exact) mass is 318 g/mol. The fourth-order valence-electron chi connectivity index (χ4n) is 2.83. The highest BCUT2D eigenvalue weighted by molar-refractivity contribution is 9.10. The molecule has 0 aromatic heterocycles. The van der Waals surface area contributed by atoms with E-state index in [-0.39, 0.29) is 0 Å². The Hall–Kier alpha value is -1.06. The van der Waals surface area contributed by atoms with Crippen molar-refractivity contribution in [1.29, 1.82) is 0 Å². The molecular formula is C15H15BrOSi. The van der Waals surface area contributed by atoms with Gasteiger partial charge in [0.2, 0.25) is 0 Å². The molecule has 0 aliphatic carbocycles. The number of ether oxygens (including phenoxy) is 1. The van der Waals surface area contributed by atoms with Gasteiger partial charge in [0.15, 0.2) is 0 Å². The zero-order valence-electron chi connectivity index (χ0n) is 10.8. The van der Waals surface area contributed by atoms with Crippen LogP contribution < -0.4 is 15.1 Å². The average Bonchev–Trinajstić information content (AvgIpc) is 2.58. The van der Waals surface area contributed by atoms with Gasteiger partial charge in [-0.2, -0.15) is 0 Å². The first kappa shape index (κ1) is 12.0. The molecule has 1 aliphatic heterocycles. The molecule has 0 bridgehead atoms. The molecule has 1 heterocycles. The summed E-state index contributed by atoms with van der Waals surface area (Å²) in [5, 5.41) is 3.00. The predicted octanol–water partition coefficient (Wildman–Crippen LogP) is 3.26. The quantitative estimate of drug-likeness (QED) is 0.733. The summed E-state index contributed by atoms with van der Waals surface area (Å²) in [6.45, 7) is 4.82. The van der Waals surface area contributed by atoms with Gasteiger partial charge in [-0.25, -0.2) is 0 Å². The molecule has 1 aliphatic rings. The van der Waals surface area contributed by atoms with Crippen LogP contribution in [0.5, 0.6) is 5.75 Å². The Morgan fingerprint density at radius 3 is 2.44 bits per heavy atom. The summed E-state index contributed by atoms with van der Waals surface area (Å²) >= 11 is 3.57. The Balaban J connectivity index is 2.32. The Morgan fingerprint density at radius 2 is 1.72 bits per heavy atom. The molecule has 0 radical (unpaired) electrons. The third kappa shape index (κ3) is 1.57. The number of fused-ring (bicyclic) bond motifs is 3. The normalized spacial score (nSPS) is 15.1. The highest BCUT2D eigenvalue weighted by Crippen LogP contribution is 2.31. The van der Waals surface area contributed by atoms with Crippen molar-refractivity contribution in [3.63, 3.8) is 0 Å². The number of hydrogen-bond acceptors (Lipinski definition) is 1. The second-order valence-corrected chi connectivity index (χ2v) is 10.5. The molecule has 0 saturated carbocycles. The van der Waals surface area contributed by atoms with Crippen LogP contribution in [0.1, 0.15) is 0 Å². The third-order valence-electron chi connectivity index (χ3n) is 3.85. The highest BCUT2D eigenvalue weighted by atomic mass is 79.9. The molecule has 18 heavy (non-hydrogen) atoms. The summed E-state index contributed by atoms with van der Waals surface area (Å²) in [7, 11) is 0.178. The topological polar surface area (TPSA) is 9.23 Å². The van der Waals surface area contributed by atoms with Crippen molar-refractivity contribution in [2.24, 2.45) is 0 Å². The van der Waals surface area contributed by atoms with E-state index in [1.165, 1.54) is 21.5 Å². The van der Waals surface area contributed by atoms with Crippen LogP contribution in [0.4, 0.5) is 0 Å². The first-order chi connectivity index (χ1) is 8.54.